The maximum absolute atomic E-state index is 12.2. The van der Waals surface area contributed by atoms with E-state index in [0.717, 1.165) is 134 Å². The van der Waals surface area contributed by atoms with Crippen molar-refractivity contribution < 1.29 is 56.8 Å². The molecule has 0 radical (unpaired) electrons. The summed E-state index contributed by atoms with van der Waals surface area (Å²) in [7, 11) is 0. The Kier molecular flexibility index (Phi) is 40.6. The number of benzene rings is 3. The van der Waals surface area contributed by atoms with Crippen LogP contribution in [0.25, 0.3) is 0 Å². The number of carbonyl (C=O) groups is 4. The van der Waals surface area contributed by atoms with Crippen LogP contribution in [-0.2, 0) is 52.7 Å². The van der Waals surface area contributed by atoms with E-state index in [2.05, 4.69) is 114 Å². The number of cyclic esters (lactones) is 1. The Balaban J connectivity index is 0.000000300. The number of aliphatic hydroxyl groups is 1. The summed E-state index contributed by atoms with van der Waals surface area (Å²) in [6.07, 6.45) is 28.4. The molecule has 2 N–H and O–H groups in total. The van der Waals surface area contributed by atoms with Crippen molar-refractivity contribution in [2.75, 3.05) is 25.2 Å². The number of alkyl halides is 5. The third-order valence-corrected chi connectivity index (χ3v) is 19.2. The maximum Gasteiger partial charge on any atom is 0.490 e. The van der Waals surface area contributed by atoms with Gasteiger partial charge in [-0.15, -0.1) is 23.2 Å². The number of aryl methyl sites for hydroxylation is 3. The Morgan fingerprint density at radius 1 is 0.562 bits per heavy atom. The topological polar surface area (TPSA) is 136 Å². The third-order valence-electron chi connectivity index (χ3n) is 19.2. The number of aliphatic carboxylic acids is 1. The van der Waals surface area contributed by atoms with Crippen LogP contribution in [-0.4, -0.2) is 83.4 Å². The second-order valence-electron chi connectivity index (χ2n) is 25.6. The van der Waals surface area contributed by atoms with Gasteiger partial charge in [-0.25, -0.2) is 4.79 Å². The Hall–Kier alpha value is -3.81. The van der Waals surface area contributed by atoms with Crippen LogP contribution < -0.4 is 0 Å². The zero-order valence-corrected chi connectivity index (χ0v) is 57.3. The lowest BCUT2D eigenvalue weighted by atomic mass is 9.75. The van der Waals surface area contributed by atoms with Crippen molar-refractivity contribution >= 4 is 46.7 Å². The minimum absolute atomic E-state index is 0.0744. The fourth-order valence-corrected chi connectivity index (χ4v) is 13.4. The monoisotopic (exact) mass is 1290 g/mol. The summed E-state index contributed by atoms with van der Waals surface area (Å²) < 4.78 is 48.1. The van der Waals surface area contributed by atoms with E-state index in [9.17, 15) is 32.7 Å². The molecule has 3 saturated carbocycles. The molecule has 3 aromatic carbocycles. The molecule has 6 aliphatic rings. The molecule has 0 bridgehead atoms. The van der Waals surface area contributed by atoms with Crippen molar-refractivity contribution in [2.24, 2.45) is 29.6 Å². The molecule has 6 fully saturated rings. The number of carboxylic acid groups (broad SMARTS) is 1. The average molecular weight is 1290 g/mol. The Bertz CT molecular complexity index is 2330. The molecular formula is C75H115Cl2F3O9. The van der Waals surface area contributed by atoms with Crippen molar-refractivity contribution in [1.82, 2.24) is 0 Å². The van der Waals surface area contributed by atoms with Gasteiger partial charge >= 0.3 is 18.1 Å². The Morgan fingerprint density at radius 3 is 1.27 bits per heavy atom. The number of halogens is 5. The molecule has 3 aromatic rings. The van der Waals surface area contributed by atoms with Gasteiger partial charge < -0.3 is 29.2 Å². The van der Waals surface area contributed by atoms with Crippen molar-refractivity contribution in [3.8, 4) is 0 Å². The van der Waals surface area contributed by atoms with Gasteiger partial charge in [0.1, 0.15) is 17.7 Å². The molecule has 0 spiro atoms. The number of rotatable bonds is 20. The Labute approximate surface area is 545 Å². The molecule has 3 aliphatic carbocycles. The number of Topliss-reactive ketones (excluding diaryl/α,β-unsaturated/α-hetero) is 2. The van der Waals surface area contributed by atoms with Gasteiger partial charge in [0.05, 0.1) is 23.5 Å². The molecule has 3 heterocycles. The summed E-state index contributed by atoms with van der Waals surface area (Å²) in [5.74, 6) is 2.22. The minimum atomic E-state index is -5.08. The van der Waals surface area contributed by atoms with Crippen LogP contribution >= 0.6 is 23.2 Å². The molecule has 5 unspecified atom stereocenters. The SMILES string of the molecule is C1CCOC1.CCCC(CCC(O)C1CCC(c2ccc(CC)cc2)CC1)C(C)=O.CCCC1CCC(C2CCC(c3ccc(CC)cc3)CC2)OC1=O.CCCCC(C)=O.CCc1ccc(C2CCC(C3CCO3)CC2)cc1.ClCCl.O=C(O)C(F)(F)F. The molecule has 9 nitrogen and oxygen atoms in total. The van der Waals surface area contributed by atoms with E-state index in [0.29, 0.717) is 35.6 Å². The molecule has 0 amide bonds. The van der Waals surface area contributed by atoms with Gasteiger partial charge in [-0.2, -0.15) is 13.2 Å². The second kappa shape index (κ2) is 45.5. The van der Waals surface area contributed by atoms with Crippen LogP contribution in [0.1, 0.15) is 273 Å². The Morgan fingerprint density at radius 2 is 0.978 bits per heavy atom. The summed E-state index contributed by atoms with van der Waals surface area (Å²) in [6, 6.07) is 27.6. The number of unbranched alkanes of at least 4 members (excludes halogenated alkanes) is 1. The van der Waals surface area contributed by atoms with E-state index in [-0.39, 0.29) is 41.1 Å². The van der Waals surface area contributed by atoms with Gasteiger partial charge in [0.25, 0.3) is 0 Å². The molecule has 5 atom stereocenters. The maximum atomic E-state index is 12.2. The van der Waals surface area contributed by atoms with E-state index >= 15 is 0 Å². The number of aliphatic hydroxyl groups excluding tert-OH is 1. The first-order valence-electron chi connectivity index (χ1n) is 34.5. The van der Waals surface area contributed by atoms with Crippen LogP contribution in [0.15, 0.2) is 72.8 Å². The smallest absolute Gasteiger partial charge is 0.475 e. The number of hydrogen-bond donors (Lipinski definition) is 2. The van der Waals surface area contributed by atoms with Crippen molar-refractivity contribution in [3.05, 3.63) is 106 Å². The molecule has 504 valence electrons. The first-order chi connectivity index (χ1) is 42.7. The number of ether oxygens (including phenoxy) is 3. The highest BCUT2D eigenvalue weighted by atomic mass is 35.5. The van der Waals surface area contributed by atoms with Crippen LogP contribution in [0, 0.1) is 29.6 Å². The number of ketones is 2. The molecule has 0 aromatic heterocycles. The summed E-state index contributed by atoms with van der Waals surface area (Å²) in [5.41, 5.74) is 8.79. The summed E-state index contributed by atoms with van der Waals surface area (Å²) in [6.45, 7) is 19.3. The average Bonchev–Trinajstić information content (AvgIpc) is 4.28. The second-order valence-corrected chi connectivity index (χ2v) is 26.4. The summed E-state index contributed by atoms with van der Waals surface area (Å²) in [4.78, 5) is 42.9. The van der Waals surface area contributed by atoms with Crippen LogP contribution in [0.2, 0.25) is 0 Å². The fraction of sp³-hybridized carbons (Fsp3) is 0.707. The number of esters is 1. The number of hydrogen-bond acceptors (Lipinski definition) is 8. The highest BCUT2D eigenvalue weighted by Crippen LogP contribution is 2.43. The highest BCUT2D eigenvalue weighted by molar-refractivity contribution is 6.40. The van der Waals surface area contributed by atoms with E-state index in [1.807, 2.05) is 0 Å². The predicted molar refractivity (Wildman–Crippen MR) is 358 cm³/mol. The minimum Gasteiger partial charge on any atom is -0.475 e. The van der Waals surface area contributed by atoms with Gasteiger partial charge in [-0.05, 0) is 243 Å². The van der Waals surface area contributed by atoms with E-state index in [4.69, 9.17) is 47.3 Å². The lowest BCUT2D eigenvalue weighted by Gasteiger charge is -2.38. The summed E-state index contributed by atoms with van der Waals surface area (Å²) in [5, 5.41) is 17.9. The third kappa shape index (κ3) is 31.1. The van der Waals surface area contributed by atoms with Crippen molar-refractivity contribution in [2.45, 2.75) is 284 Å². The largest absolute Gasteiger partial charge is 0.490 e. The van der Waals surface area contributed by atoms with Crippen molar-refractivity contribution in [1.29, 1.82) is 0 Å². The van der Waals surface area contributed by atoms with E-state index < -0.39 is 12.1 Å². The normalized spacial score (nSPS) is 24.4. The molecule has 9 rings (SSSR count). The first kappa shape index (κ1) is 79.4. The van der Waals surface area contributed by atoms with E-state index in [1.54, 1.807) is 19.4 Å². The van der Waals surface area contributed by atoms with Crippen molar-refractivity contribution in [3.63, 3.8) is 0 Å². The van der Waals surface area contributed by atoms with Gasteiger partial charge in [-0.3, -0.25) is 9.59 Å². The van der Waals surface area contributed by atoms with Crippen LogP contribution in [0.4, 0.5) is 13.2 Å². The number of carbonyl (C=O) groups excluding carboxylic acids is 3. The lowest BCUT2D eigenvalue weighted by Crippen LogP contribution is -2.37. The van der Waals surface area contributed by atoms with Gasteiger partial charge in [0.2, 0.25) is 0 Å². The quantitative estimate of drug-likeness (QED) is 0.0837. The predicted octanol–water partition coefficient (Wildman–Crippen LogP) is 20.2. The van der Waals surface area contributed by atoms with Crippen LogP contribution in [0.5, 0.6) is 0 Å². The standard InChI is InChI=1S/C23H36O2.C22H32O2.C17H24O.C6H12O.C4H8O.C2HF3O2.CH2Cl2/c1-4-6-19(17(3)24)15-16-23(25)22-13-11-21(12-14-22)20-9-7-18(5-2)8-10-20;1-3-5-20-14-15-21(24-22(20)23)19-12-10-18(11-13-19)17-8-6-16(4-2)7-9-17;1-2-13-3-5-14(6-4-13)15-7-9-16(10-8-15)17-11-12-18-17;1-3-4-5-6(2)7;1-2-4-5-3-1;3-2(4,5)1(6)7;2-1-3/h7-10,19,21-23,25H,4-6,11-16H2,1-3H3;6-9,18-21H,3-5,10-15H2,1-2H3;3-6,15-17H,2,7-12H2,1H3;3-5H2,1-2H3;1-4H2;(H,6,7);1H2. The van der Waals surface area contributed by atoms with Crippen LogP contribution in [0.3, 0.4) is 0 Å². The molecule has 89 heavy (non-hydrogen) atoms. The first-order valence-corrected chi connectivity index (χ1v) is 35.6. The molecular weight excluding hydrogens is 1170 g/mol. The lowest BCUT2D eigenvalue weighted by molar-refractivity contribution is -0.192. The van der Waals surface area contributed by atoms with Gasteiger partial charge in [0, 0.05) is 32.2 Å². The fourth-order valence-electron chi connectivity index (χ4n) is 13.4. The van der Waals surface area contributed by atoms with Gasteiger partial charge in [0.15, 0.2) is 0 Å². The molecule has 3 saturated heterocycles. The van der Waals surface area contributed by atoms with E-state index in [1.165, 1.54) is 111 Å². The summed E-state index contributed by atoms with van der Waals surface area (Å²) >= 11 is 9.53. The molecule has 3 aliphatic heterocycles. The van der Waals surface area contributed by atoms with Gasteiger partial charge in [-0.1, -0.05) is 134 Å². The zero-order valence-electron chi connectivity index (χ0n) is 55.8. The number of carboxylic acids is 1. The zero-order chi connectivity index (χ0) is 65.6. The molecule has 14 heteroatoms. The highest BCUT2D eigenvalue weighted by Gasteiger charge is 2.39.